The van der Waals surface area contributed by atoms with Crippen LogP contribution in [0.5, 0.6) is 0 Å². The van der Waals surface area contributed by atoms with E-state index in [1.165, 1.54) is 49.7 Å². The molecule has 2 aliphatic rings. The summed E-state index contributed by atoms with van der Waals surface area (Å²) in [7, 11) is 0. The number of fused-ring (bicyclic) bond motifs is 1. The summed E-state index contributed by atoms with van der Waals surface area (Å²) in [6, 6.07) is 11.7. The van der Waals surface area contributed by atoms with Crippen LogP contribution in [0, 0.1) is 11.8 Å². The van der Waals surface area contributed by atoms with Crippen LogP contribution in [-0.4, -0.2) is 34.9 Å². The number of para-hydroxylation sites is 1. The van der Waals surface area contributed by atoms with Crippen molar-refractivity contribution in [1.82, 2.24) is 9.47 Å². The van der Waals surface area contributed by atoms with Crippen molar-refractivity contribution < 1.29 is 4.79 Å². The van der Waals surface area contributed by atoms with Crippen LogP contribution in [0.3, 0.4) is 0 Å². The van der Waals surface area contributed by atoms with Crippen LogP contribution < -0.4 is 0 Å². The molecule has 0 N–H and O–H groups in total. The Bertz CT molecular complexity index is 747. The van der Waals surface area contributed by atoms with Crippen molar-refractivity contribution in [3.63, 3.8) is 0 Å². The fraction of sp³-hybridized carbons (Fsp3) is 0.609. The summed E-state index contributed by atoms with van der Waals surface area (Å²) in [4.78, 5) is 14.3. The first-order valence-electron chi connectivity index (χ1n) is 10.5. The van der Waals surface area contributed by atoms with Crippen LogP contribution in [0.15, 0.2) is 30.3 Å². The molecule has 1 aromatic carbocycles. The maximum Gasteiger partial charge on any atom is 0.166 e. The van der Waals surface area contributed by atoms with Crippen LogP contribution >= 0.6 is 0 Å². The lowest BCUT2D eigenvalue weighted by Gasteiger charge is -2.42. The Morgan fingerprint density at radius 2 is 1.65 bits per heavy atom. The number of rotatable bonds is 4. The number of nitrogens with zero attached hydrogens (tertiary/aromatic N) is 2. The fourth-order valence-electron chi connectivity index (χ4n) is 5.34. The molecule has 0 amide bonds. The molecule has 3 heteroatoms. The second-order valence-corrected chi connectivity index (χ2v) is 8.70. The molecule has 0 atom stereocenters. The van der Waals surface area contributed by atoms with Gasteiger partial charge in [0.2, 0.25) is 0 Å². The fourth-order valence-corrected chi connectivity index (χ4v) is 5.34. The standard InChI is InChI=1S/C23H32N2O/c1-17(2)18-7-9-20(10-8-18)24-13-11-21(12-14-24)25-22(16-26)15-19-5-3-4-6-23(19)25/h3-6,15-18,20-21H,7-14H2,1-2H3. The van der Waals surface area contributed by atoms with Gasteiger partial charge in [-0.25, -0.2) is 0 Å². The summed E-state index contributed by atoms with van der Waals surface area (Å²) in [6.07, 6.45) is 8.89. The van der Waals surface area contributed by atoms with Gasteiger partial charge in [-0.05, 0) is 62.5 Å². The van der Waals surface area contributed by atoms with Gasteiger partial charge in [0.1, 0.15) is 0 Å². The van der Waals surface area contributed by atoms with Gasteiger partial charge in [-0.15, -0.1) is 0 Å². The van der Waals surface area contributed by atoms with E-state index in [0.29, 0.717) is 6.04 Å². The van der Waals surface area contributed by atoms with Gasteiger partial charge in [0.25, 0.3) is 0 Å². The highest BCUT2D eigenvalue weighted by Crippen LogP contribution is 2.35. The molecule has 2 heterocycles. The first kappa shape index (κ1) is 17.8. The minimum Gasteiger partial charge on any atom is -0.335 e. The average molecular weight is 353 g/mol. The second kappa shape index (κ2) is 7.56. The van der Waals surface area contributed by atoms with Gasteiger partial charge in [0.15, 0.2) is 6.29 Å². The molecule has 1 aromatic heterocycles. The van der Waals surface area contributed by atoms with Crippen molar-refractivity contribution in [3.8, 4) is 0 Å². The minimum atomic E-state index is 0.457. The van der Waals surface area contributed by atoms with Crippen LogP contribution in [0.4, 0.5) is 0 Å². The molecule has 140 valence electrons. The lowest BCUT2D eigenvalue weighted by Crippen LogP contribution is -2.44. The molecule has 3 nitrogen and oxygen atoms in total. The zero-order valence-corrected chi connectivity index (χ0v) is 16.2. The highest BCUT2D eigenvalue weighted by Gasteiger charge is 2.31. The lowest BCUT2D eigenvalue weighted by atomic mass is 9.79. The molecule has 1 saturated heterocycles. The summed E-state index contributed by atoms with van der Waals surface area (Å²) in [5, 5.41) is 1.18. The number of aromatic nitrogens is 1. The molecule has 0 radical (unpaired) electrons. The molecular weight excluding hydrogens is 320 g/mol. The normalized spacial score (nSPS) is 25.8. The number of piperidine rings is 1. The summed E-state index contributed by atoms with van der Waals surface area (Å²) in [5.41, 5.74) is 2.05. The summed E-state index contributed by atoms with van der Waals surface area (Å²) in [5.74, 6) is 1.77. The molecule has 0 bridgehead atoms. The van der Waals surface area contributed by atoms with E-state index >= 15 is 0 Å². The zero-order chi connectivity index (χ0) is 18.1. The predicted octanol–water partition coefficient (Wildman–Crippen LogP) is 5.31. The largest absolute Gasteiger partial charge is 0.335 e. The highest BCUT2D eigenvalue weighted by molar-refractivity contribution is 5.89. The van der Waals surface area contributed by atoms with Crippen LogP contribution in [0.25, 0.3) is 10.9 Å². The van der Waals surface area contributed by atoms with E-state index in [1.807, 2.05) is 6.07 Å². The van der Waals surface area contributed by atoms with Crippen molar-refractivity contribution in [1.29, 1.82) is 0 Å². The van der Waals surface area contributed by atoms with Crippen molar-refractivity contribution >= 4 is 17.2 Å². The Morgan fingerprint density at radius 1 is 0.962 bits per heavy atom. The molecule has 1 aliphatic carbocycles. The summed E-state index contributed by atoms with van der Waals surface area (Å²) >= 11 is 0. The molecular formula is C23H32N2O. The third-order valence-electron chi connectivity index (χ3n) is 6.96. The lowest BCUT2D eigenvalue weighted by molar-refractivity contribution is 0.0883. The van der Waals surface area contributed by atoms with Gasteiger partial charge in [-0.3, -0.25) is 4.79 Å². The van der Waals surface area contributed by atoms with Gasteiger partial charge >= 0.3 is 0 Å². The van der Waals surface area contributed by atoms with E-state index in [1.54, 1.807) is 0 Å². The Kier molecular flexibility index (Phi) is 5.17. The van der Waals surface area contributed by atoms with Gasteiger partial charge < -0.3 is 9.47 Å². The third-order valence-corrected chi connectivity index (χ3v) is 6.96. The van der Waals surface area contributed by atoms with Gasteiger partial charge in [0.05, 0.1) is 5.69 Å². The van der Waals surface area contributed by atoms with E-state index in [-0.39, 0.29) is 0 Å². The smallest absolute Gasteiger partial charge is 0.166 e. The average Bonchev–Trinajstić information content (AvgIpc) is 3.07. The molecule has 26 heavy (non-hydrogen) atoms. The zero-order valence-electron chi connectivity index (χ0n) is 16.2. The molecule has 4 rings (SSSR count). The second-order valence-electron chi connectivity index (χ2n) is 8.70. The molecule has 1 saturated carbocycles. The minimum absolute atomic E-state index is 0.457. The summed E-state index contributed by atoms with van der Waals surface area (Å²) in [6.45, 7) is 7.10. The molecule has 0 unspecified atom stereocenters. The van der Waals surface area contributed by atoms with Crippen LogP contribution in [0.1, 0.15) is 68.9 Å². The Morgan fingerprint density at radius 3 is 2.31 bits per heavy atom. The van der Waals surface area contributed by atoms with Crippen LogP contribution in [-0.2, 0) is 0 Å². The maximum absolute atomic E-state index is 11.6. The van der Waals surface area contributed by atoms with Crippen molar-refractivity contribution in [2.24, 2.45) is 11.8 Å². The summed E-state index contributed by atoms with van der Waals surface area (Å²) < 4.78 is 2.30. The molecule has 0 spiro atoms. The number of hydrogen-bond donors (Lipinski definition) is 0. The number of hydrogen-bond acceptors (Lipinski definition) is 2. The van der Waals surface area contributed by atoms with E-state index in [4.69, 9.17) is 0 Å². The number of carbonyl (C=O) groups is 1. The third kappa shape index (κ3) is 3.34. The first-order chi connectivity index (χ1) is 12.7. The number of likely N-dealkylation sites (tertiary alicyclic amines) is 1. The van der Waals surface area contributed by atoms with E-state index in [2.05, 4.69) is 47.6 Å². The van der Waals surface area contributed by atoms with Gasteiger partial charge in [-0.1, -0.05) is 32.0 Å². The monoisotopic (exact) mass is 352 g/mol. The highest BCUT2D eigenvalue weighted by atomic mass is 16.1. The quantitative estimate of drug-likeness (QED) is 0.697. The van der Waals surface area contributed by atoms with E-state index in [0.717, 1.165) is 42.7 Å². The SMILES string of the molecule is CC(C)C1CCC(N2CCC(n3c(C=O)cc4ccccc43)CC2)CC1. The number of benzene rings is 1. The Hall–Kier alpha value is -1.61. The number of aldehydes is 1. The Labute approximate surface area is 157 Å². The van der Waals surface area contributed by atoms with Gasteiger partial charge in [-0.2, -0.15) is 0 Å². The van der Waals surface area contributed by atoms with Crippen molar-refractivity contribution in [3.05, 3.63) is 36.0 Å². The van der Waals surface area contributed by atoms with Gasteiger partial charge in [0, 0.05) is 36.1 Å². The van der Waals surface area contributed by atoms with Crippen molar-refractivity contribution in [2.45, 2.75) is 64.5 Å². The molecule has 1 aliphatic heterocycles. The van der Waals surface area contributed by atoms with Crippen molar-refractivity contribution in [2.75, 3.05) is 13.1 Å². The van der Waals surface area contributed by atoms with E-state index in [9.17, 15) is 4.79 Å². The first-order valence-corrected chi connectivity index (χ1v) is 10.5. The van der Waals surface area contributed by atoms with Crippen LogP contribution in [0.2, 0.25) is 0 Å². The Balaban J connectivity index is 1.42. The van der Waals surface area contributed by atoms with E-state index < -0.39 is 0 Å². The predicted molar refractivity (Wildman–Crippen MR) is 108 cm³/mol. The maximum atomic E-state index is 11.6. The number of carbonyl (C=O) groups excluding carboxylic acids is 1. The molecule has 2 aromatic rings. The topological polar surface area (TPSA) is 25.2 Å². The molecule has 2 fully saturated rings.